The van der Waals surface area contributed by atoms with Gasteiger partial charge in [-0.2, -0.15) is 0 Å². The Kier molecular flexibility index (Phi) is 4.58. The lowest BCUT2D eigenvalue weighted by Crippen LogP contribution is -2.39. The van der Waals surface area contributed by atoms with Gasteiger partial charge in [-0.3, -0.25) is 10.1 Å². The van der Waals surface area contributed by atoms with Crippen LogP contribution in [-0.4, -0.2) is 11.5 Å². The highest BCUT2D eigenvalue weighted by Crippen LogP contribution is 2.43. The lowest BCUT2D eigenvalue weighted by molar-refractivity contribution is -0.385. The van der Waals surface area contributed by atoms with Crippen molar-refractivity contribution < 1.29 is 4.92 Å². The molecule has 1 saturated carbocycles. The van der Waals surface area contributed by atoms with Crippen molar-refractivity contribution in [1.82, 2.24) is 5.32 Å². The van der Waals surface area contributed by atoms with Crippen LogP contribution in [0.4, 0.5) is 5.69 Å². The van der Waals surface area contributed by atoms with Crippen molar-refractivity contribution >= 4 is 21.6 Å². The van der Waals surface area contributed by atoms with Crippen LogP contribution in [0.1, 0.15) is 38.2 Å². The molecule has 0 atom stereocenters. The zero-order chi connectivity index (χ0) is 13.9. The van der Waals surface area contributed by atoms with Gasteiger partial charge in [-0.05, 0) is 46.2 Å². The van der Waals surface area contributed by atoms with Gasteiger partial charge >= 0.3 is 0 Å². The summed E-state index contributed by atoms with van der Waals surface area (Å²) in [6.45, 7) is 3.91. The van der Waals surface area contributed by atoms with Crippen LogP contribution in [0, 0.1) is 15.5 Å². The number of hydrogen-bond donors (Lipinski definition) is 1. The summed E-state index contributed by atoms with van der Waals surface area (Å²) in [6, 6.07) is 5.18. The summed E-state index contributed by atoms with van der Waals surface area (Å²) in [5, 5.41) is 14.3. The van der Waals surface area contributed by atoms with Crippen LogP contribution in [-0.2, 0) is 6.54 Å². The molecule has 19 heavy (non-hydrogen) atoms. The fourth-order valence-corrected chi connectivity index (χ4v) is 3.19. The van der Waals surface area contributed by atoms with Crippen LogP contribution in [0.15, 0.2) is 22.7 Å². The molecule has 0 aliphatic heterocycles. The molecule has 1 fully saturated rings. The lowest BCUT2D eigenvalue weighted by Gasteiger charge is -2.41. The standard InChI is InChI=1S/C14H19BrN2O2/c1-2-14(7-4-8-14)10-16-9-11-5-3-6-12(13(11)15)17(18)19/h3,5-6,16H,2,4,7-10H2,1H3. The molecule has 1 aliphatic carbocycles. The quantitative estimate of drug-likeness (QED) is 0.634. The minimum absolute atomic E-state index is 0.133. The van der Waals surface area contributed by atoms with Crippen LogP contribution in [0.2, 0.25) is 0 Å². The predicted molar refractivity (Wildman–Crippen MR) is 79.1 cm³/mol. The number of nitro benzene ring substituents is 1. The zero-order valence-corrected chi connectivity index (χ0v) is 12.7. The first-order valence-electron chi connectivity index (χ1n) is 6.70. The molecule has 1 aliphatic rings. The smallest absolute Gasteiger partial charge is 0.283 e. The second kappa shape index (κ2) is 6.01. The van der Waals surface area contributed by atoms with Crippen LogP contribution in [0.5, 0.6) is 0 Å². The SMILES string of the molecule is CCC1(CNCc2cccc([N+](=O)[O-])c2Br)CCC1. The number of nitrogens with one attached hydrogen (secondary N) is 1. The van der Waals surface area contributed by atoms with Crippen molar-refractivity contribution in [2.75, 3.05) is 6.54 Å². The van der Waals surface area contributed by atoms with E-state index in [0.717, 1.165) is 12.1 Å². The number of nitro groups is 1. The summed E-state index contributed by atoms with van der Waals surface area (Å²) < 4.78 is 0.589. The number of halogens is 1. The summed E-state index contributed by atoms with van der Waals surface area (Å²) in [5.74, 6) is 0. The van der Waals surface area contributed by atoms with E-state index in [1.807, 2.05) is 6.07 Å². The van der Waals surface area contributed by atoms with Gasteiger partial charge in [0.1, 0.15) is 0 Å². The first kappa shape index (κ1) is 14.5. The maximum absolute atomic E-state index is 10.9. The molecule has 104 valence electrons. The average Bonchev–Trinajstić information content (AvgIpc) is 2.34. The Bertz CT molecular complexity index is 467. The number of nitrogens with zero attached hydrogens (tertiary/aromatic N) is 1. The van der Waals surface area contributed by atoms with Gasteiger partial charge in [0.2, 0.25) is 0 Å². The van der Waals surface area contributed by atoms with E-state index in [1.165, 1.54) is 31.7 Å². The number of rotatable bonds is 6. The number of benzene rings is 1. The van der Waals surface area contributed by atoms with Crippen molar-refractivity contribution in [3.63, 3.8) is 0 Å². The van der Waals surface area contributed by atoms with E-state index in [-0.39, 0.29) is 10.6 Å². The largest absolute Gasteiger partial charge is 0.312 e. The Hall–Kier alpha value is -0.940. The Morgan fingerprint density at radius 2 is 2.21 bits per heavy atom. The maximum Gasteiger partial charge on any atom is 0.283 e. The van der Waals surface area contributed by atoms with E-state index in [2.05, 4.69) is 28.2 Å². The Morgan fingerprint density at radius 3 is 2.74 bits per heavy atom. The first-order chi connectivity index (χ1) is 9.08. The zero-order valence-electron chi connectivity index (χ0n) is 11.1. The first-order valence-corrected chi connectivity index (χ1v) is 7.50. The van der Waals surface area contributed by atoms with Gasteiger partial charge in [0, 0.05) is 19.2 Å². The van der Waals surface area contributed by atoms with Gasteiger partial charge < -0.3 is 5.32 Å². The molecule has 4 nitrogen and oxygen atoms in total. The molecule has 0 heterocycles. The predicted octanol–water partition coefficient (Wildman–Crippen LogP) is 4.03. The van der Waals surface area contributed by atoms with Gasteiger partial charge in [0.25, 0.3) is 5.69 Å². The van der Waals surface area contributed by atoms with Gasteiger partial charge in [0.15, 0.2) is 0 Å². The molecule has 5 heteroatoms. The highest BCUT2D eigenvalue weighted by atomic mass is 79.9. The maximum atomic E-state index is 10.9. The molecular weight excluding hydrogens is 308 g/mol. The summed E-state index contributed by atoms with van der Waals surface area (Å²) in [5.41, 5.74) is 1.54. The molecule has 0 bridgehead atoms. The van der Waals surface area contributed by atoms with Crippen LogP contribution in [0.3, 0.4) is 0 Å². The summed E-state index contributed by atoms with van der Waals surface area (Å²) in [4.78, 5) is 10.5. The van der Waals surface area contributed by atoms with Crippen LogP contribution in [0.25, 0.3) is 0 Å². The summed E-state index contributed by atoms with van der Waals surface area (Å²) in [7, 11) is 0. The molecule has 1 aromatic rings. The van der Waals surface area contributed by atoms with E-state index in [4.69, 9.17) is 0 Å². The van der Waals surface area contributed by atoms with Gasteiger partial charge in [-0.15, -0.1) is 0 Å². The van der Waals surface area contributed by atoms with E-state index in [1.54, 1.807) is 6.07 Å². The third-order valence-electron chi connectivity index (χ3n) is 4.23. The van der Waals surface area contributed by atoms with Gasteiger partial charge in [-0.25, -0.2) is 0 Å². The van der Waals surface area contributed by atoms with Crippen molar-refractivity contribution in [1.29, 1.82) is 0 Å². The third-order valence-corrected chi connectivity index (χ3v) is 5.15. The molecule has 1 N–H and O–H groups in total. The van der Waals surface area contributed by atoms with E-state index < -0.39 is 0 Å². The summed E-state index contributed by atoms with van der Waals surface area (Å²) in [6.07, 6.45) is 5.13. The van der Waals surface area contributed by atoms with Crippen LogP contribution >= 0.6 is 15.9 Å². The highest BCUT2D eigenvalue weighted by molar-refractivity contribution is 9.10. The summed E-state index contributed by atoms with van der Waals surface area (Å²) >= 11 is 3.33. The van der Waals surface area contributed by atoms with Crippen molar-refractivity contribution in [3.05, 3.63) is 38.3 Å². The highest BCUT2D eigenvalue weighted by Gasteiger charge is 2.34. The Labute approximate surface area is 121 Å². The minimum atomic E-state index is -0.354. The molecule has 1 aromatic carbocycles. The molecular formula is C14H19BrN2O2. The topological polar surface area (TPSA) is 55.2 Å². The van der Waals surface area contributed by atoms with Gasteiger partial charge in [0.05, 0.1) is 9.40 Å². The molecule has 0 radical (unpaired) electrons. The Balaban J connectivity index is 1.96. The fourth-order valence-electron chi connectivity index (χ4n) is 2.64. The third kappa shape index (κ3) is 3.15. The van der Waals surface area contributed by atoms with E-state index >= 15 is 0 Å². The van der Waals surface area contributed by atoms with E-state index in [0.29, 0.717) is 16.4 Å². The van der Waals surface area contributed by atoms with Crippen LogP contribution < -0.4 is 5.32 Å². The van der Waals surface area contributed by atoms with Crippen molar-refractivity contribution in [3.8, 4) is 0 Å². The van der Waals surface area contributed by atoms with E-state index in [9.17, 15) is 10.1 Å². The van der Waals surface area contributed by atoms with Crippen molar-refractivity contribution in [2.24, 2.45) is 5.41 Å². The second-order valence-corrected chi connectivity index (χ2v) is 6.11. The van der Waals surface area contributed by atoms with Crippen molar-refractivity contribution in [2.45, 2.75) is 39.2 Å². The lowest BCUT2D eigenvalue weighted by atomic mass is 9.67. The number of hydrogen-bond acceptors (Lipinski definition) is 3. The molecule has 0 spiro atoms. The Morgan fingerprint density at radius 1 is 1.47 bits per heavy atom. The second-order valence-electron chi connectivity index (χ2n) is 5.32. The molecule has 0 saturated heterocycles. The molecule has 0 aromatic heterocycles. The molecule has 0 amide bonds. The monoisotopic (exact) mass is 326 g/mol. The molecule has 0 unspecified atom stereocenters. The average molecular weight is 327 g/mol. The fraction of sp³-hybridized carbons (Fsp3) is 0.571. The minimum Gasteiger partial charge on any atom is -0.312 e. The normalized spacial score (nSPS) is 16.9. The van der Waals surface area contributed by atoms with Gasteiger partial charge in [-0.1, -0.05) is 25.5 Å². The molecule has 2 rings (SSSR count).